The van der Waals surface area contributed by atoms with Crippen LogP contribution >= 0.6 is 23.2 Å². The molecule has 8 heteroatoms. The first-order chi connectivity index (χ1) is 9.83. The average Bonchev–Trinajstić information content (AvgIpc) is 2.43. The van der Waals surface area contributed by atoms with Gasteiger partial charge in [-0.1, -0.05) is 23.2 Å². The maximum atomic E-state index is 12.4. The lowest BCUT2D eigenvalue weighted by atomic mass is 10.2. The van der Waals surface area contributed by atoms with E-state index in [1.807, 2.05) is 0 Å². The van der Waals surface area contributed by atoms with Crippen molar-refractivity contribution in [3.8, 4) is 0 Å². The highest BCUT2D eigenvalue weighted by Crippen LogP contribution is 2.30. The quantitative estimate of drug-likeness (QED) is 0.891. The molecule has 1 heterocycles. The number of benzene rings is 1. The number of rotatable bonds is 4. The summed E-state index contributed by atoms with van der Waals surface area (Å²) in [7, 11) is -3.87. The first-order valence-corrected chi connectivity index (χ1v) is 8.21. The number of nitrogens with two attached hydrogens (primary N) is 1. The van der Waals surface area contributed by atoms with Crippen molar-refractivity contribution in [3.63, 3.8) is 0 Å². The molecule has 0 bridgehead atoms. The standard InChI is InChI=1S/C13H13Cl2N3O2S/c1-8-2-3-11(7-17-8)18-21(19,20)12-5-10(14)4-9(6-16)13(12)15/h2-5,7,18H,6,16H2,1H3. The Bertz CT molecular complexity index is 762. The Morgan fingerprint density at radius 2 is 2.00 bits per heavy atom. The van der Waals surface area contributed by atoms with E-state index in [0.717, 1.165) is 5.69 Å². The van der Waals surface area contributed by atoms with E-state index >= 15 is 0 Å². The van der Waals surface area contributed by atoms with Crippen molar-refractivity contribution >= 4 is 38.9 Å². The molecule has 0 atom stereocenters. The number of hydrogen-bond donors (Lipinski definition) is 2. The van der Waals surface area contributed by atoms with Crippen LogP contribution in [0.3, 0.4) is 0 Å². The highest BCUT2D eigenvalue weighted by Gasteiger charge is 2.21. The van der Waals surface area contributed by atoms with Crippen LogP contribution in [0, 0.1) is 6.92 Å². The maximum absolute atomic E-state index is 12.4. The largest absolute Gasteiger partial charge is 0.326 e. The molecule has 0 radical (unpaired) electrons. The molecule has 0 amide bonds. The summed E-state index contributed by atoms with van der Waals surface area (Å²) in [5.41, 5.74) is 7.12. The van der Waals surface area contributed by atoms with Gasteiger partial charge in [0.05, 0.1) is 16.9 Å². The summed E-state index contributed by atoms with van der Waals surface area (Å²) in [6.07, 6.45) is 1.43. The molecule has 0 aliphatic heterocycles. The highest BCUT2D eigenvalue weighted by molar-refractivity contribution is 7.92. The van der Waals surface area contributed by atoms with E-state index in [0.29, 0.717) is 11.3 Å². The van der Waals surface area contributed by atoms with Crippen LogP contribution in [0.1, 0.15) is 11.3 Å². The number of nitrogens with zero attached hydrogens (tertiary/aromatic N) is 1. The molecule has 0 saturated heterocycles. The van der Waals surface area contributed by atoms with Gasteiger partial charge < -0.3 is 5.73 Å². The molecule has 2 rings (SSSR count). The summed E-state index contributed by atoms with van der Waals surface area (Å²) in [6, 6.07) is 6.13. The van der Waals surface area contributed by atoms with E-state index < -0.39 is 10.0 Å². The van der Waals surface area contributed by atoms with Crippen molar-refractivity contribution in [3.05, 3.63) is 51.8 Å². The van der Waals surface area contributed by atoms with E-state index in [-0.39, 0.29) is 21.5 Å². The second-order valence-corrected chi connectivity index (χ2v) is 6.84. The number of hydrogen-bond acceptors (Lipinski definition) is 4. The average molecular weight is 346 g/mol. The molecular weight excluding hydrogens is 333 g/mol. The van der Waals surface area contributed by atoms with Gasteiger partial charge in [0.2, 0.25) is 0 Å². The third-order valence-corrected chi connectivity index (χ3v) is 4.93. The Morgan fingerprint density at radius 1 is 1.29 bits per heavy atom. The smallest absolute Gasteiger partial charge is 0.263 e. The zero-order valence-electron chi connectivity index (χ0n) is 11.1. The van der Waals surface area contributed by atoms with E-state index in [1.165, 1.54) is 18.3 Å². The predicted octanol–water partition coefficient (Wildman–Crippen LogP) is 2.96. The predicted molar refractivity (Wildman–Crippen MR) is 84.1 cm³/mol. The van der Waals surface area contributed by atoms with Crippen LogP contribution in [-0.4, -0.2) is 13.4 Å². The Kier molecular flexibility index (Phi) is 4.73. The molecule has 21 heavy (non-hydrogen) atoms. The molecule has 0 unspecified atom stereocenters. The second-order valence-electron chi connectivity index (χ2n) is 4.37. The summed E-state index contributed by atoms with van der Waals surface area (Å²) in [4.78, 5) is 3.91. The van der Waals surface area contributed by atoms with Gasteiger partial charge in [-0.25, -0.2) is 8.42 Å². The number of aryl methyl sites for hydroxylation is 1. The number of anilines is 1. The molecule has 3 N–H and O–H groups in total. The summed E-state index contributed by atoms with van der Waals surface area (Å²) in [5, 5.41) is 0.316. The molecular formula is C13H13Cl2N3O2S. The van der Waals surface area contributed by atoms with Crippen molar-refractivity contribution in [2.24, 2.45) is 5.73 Å². The zero-order chi connectivity index (χ0) is 15.6. The molecule has 1 aromatic carbocycles. The lowest BCUT2D eigenvalue weighted by molar-refractivity contribution is 0.601. The highest BCUT2D eigenvalue weighted by atomic mass is 35.5. The molecule has 0 aliphatic rings. The first kappa shape index (κ1) is 16.0. The first-order valence-electron chi connectivity index (χ1n) is 5.97. The van der Waals surface area contributed by atoms with Gasteiger partial charge in [0.15, 0.2) is 0 Å². The molecule has 0 spiro atoms. The molecule has 5 nitrogen and oxygen atoms in total. The molecule has 0 aliphatic carbocycles. The van der Waals surface area contributed by atoms with Crippen LogP contribution in [0.2, 0.25) is 10.0 Å². The van der Waals surface area contributed by atoms with E-state index in [1.54, 1.807) is 19.1 Å². The number of pyridine rings is 1. The van der Waals surface area contributed by atoms with Crippen LogP contribution < -0.4 is 10.5 Å². The van der Waals surface area contributed by atoms with Crippen molar-refractivity contribution in [2.45, 2.75) is 18.4 Å². The number of aromatic nitrogens is 1. The van der Waals surface area contributed by atoms with Gasteiger partial charge in [0.1, 0.15) is 4.90 Å². The van der Waals surface area contributed by atoms with E-state index in [4.69, 9.17) is 28.9 Å². The van der Waals surface area contributed by atoms with Crippen molar-refractivity contribution < 1.29 is 8.42 Å². The minimum absolute atomic E-state index is 0.0643. The SMILES string of the molecule is Cc1ccc(NS(=O)(=O)c2cc(Cl)cc(CN)c2Cl)cn1. The fourth-order valence-corrected chi connectivity index (χ4v) is 3.69. The van der Waals surface area contributed by atoms with Gasteiger partial charge in [0, 0.05) is 17.3 Å². The van der Waals surface area contributed by atoms with Gasteiger partial charge in [0.25, 0.3) is 10.0 Å². The molecule has 112 valence electrons. The Hall–Kier alpha value is -1.34. The minimum Gasteiger partial charge on any atom is -0.326 e. The molecule has 0 saturated carbocycles. The topological polar surface area (TPSA) is 85.1 Å². The summed E-state index contributed by atoms with van der Waals surface area (Å²) in [5.74, 6) is 0. The lowest BCUT2D eigenvalue weighted by Gasteiger charge is -2.12. The molecule has 2 aromatic rings. The fraction of sp³-hybridized carbons (Fsp3) is 0.154. The molecule has 0 fully saturated rings. The van der Waals surface area contributed by atoms with Gasteiger partial charge in [-0.3, -0.25) is 9.71 Å². The summed E-state index contributed by atoms with van der Waals surface area (Å²) in [6.45, 7) is 1.90. The lowest BCUT2D eigenvalue weighted by Crippen LogP contribution is -2.15. The third-order valence-electron chi connectivity index (χ3n) is 2.75. The Balaban J connectivity index is 2.44. The second kappa shape index (κ2) is 6.19. The van der Waals surface area contributed by atoms with Crippen molar-refractivity contribution in [2.75, 3.05) is 4.72 Å². The molecule has 1 aromatic heterocycles. The van der Waals surface area contributed by atoms with Crippen LogP contribution in [0.4, 0.5) is 5.69 Å². The third kappa shape index (κ3) is 3.65. The number of halogens is 2. The van der Waals surface area contributed by atoms with Crippen LogP contribution in [0.5, 0.6) is 0 Å². The van der Waals surface area contributed by atoms with Crippen LogP contribution in [0.15, 0.2) is 35.4 Å². The van der Waals surface area contributed by atoms with Crippen LogP contribution in [-0.2, 0) is 16.6 Å². The zero-order valence-corrected chi connectivity index (χ0v) is 13.4. The summed E-state index contributed by atoms with van der Waals surface area (Å²) < 4.78 is 27.2. The van der Waals surface area contributed by atoms with Crippen LogP contribution in [0.25, 0.3) is 0 Å². The minimum atomic E-state index is -3.87. The summed E-state index contributed by atoms with van der Waals surface area (Å²) >= 11 is 12.0. The number of nitrogens with one attached hydrogen (secondary N) is 1. The van der Waals surface area contributed by atoms with Gasteiger partial charge in [-0.15, -0.1) is 0 Å². The monoisotopic (exact) mass is 345 g/mol. The maximum Gasteiger partial charge on any atom is 0.263 e. The number of sulfonamides is 1. The van der Waals surface area contributed by atoms with E-state index in [2.05, 4.69) is 9.71 Å². The Labute approximate surface area is 133 Å². The van der Waals surface area contributed by atoms with Crippen molar-refractivity contribution in [1.29, 1.82) is 0 Å². The normalized spacial score (nSPS) is 11.4. The Morgan fingerprint density at radius 3 is 2.57 bits per heavy atom. The van der Waals surface area contributed by atoms with Gasteiger partial charge in [-0.05, 0) is 36.8 Å². The van der Waals surface area contributed by atoms with Gasteiger partial charge >= 0.3 is 0 Å². The fourth-order valence-electron chi connectivity index (χ4n) is 1.70. The van der Waals surface area contributed by atoms with Gasteiger partial charge in [-0.2, -0.15) is 0 Å². The van der Waals surface area contributed by atoms with Crippen molar-refractivity contribution in [1.82, 2.24) is 4.98 Å². The van der Waals surface area contributed by atoms with E-state index in [9.17, 15) is 8.42 Å².